The number of hydrogen-bond donors (Lipinski definition) is 0. The normalized spacial score (nSPS) is 18.7. The van der Waals surface area contributed by atoms with Gasteiger partial charge in [-0.05, 0) is 33.8 Å². The van der Waals surface area contributed by atoms with Crippen molar-refractivity contribution in [1.29, 1.82) is 0 Å². The maximum atomic E-state index is 11.5. The van der Waals surface area contributed by atoms with Gasteiger partial charge in [0.05, 0.1) is 28.8 Å². The second kappa shape index (κ2) is 5.94. The van der Waals surface area contributed by atoms with Gasteiger partial charge in [0.15, 0.2) is 0 Å². The summed E-state index contributed by atoms with van der Waals surface area (Å²) in [5.41, 5.74) is -0.572. The van der Waals surface area contributed by atoms with Crippen LogP contribution in [0.4, 0.5) is 5.69 Å². The molecule has 1 saturated heterocycles. The van der Waals surface area contributed by atoms with Crippen molar-refractivity contribution in [2.75, 3.05) is 7.11 Å². The van der Waals surface area contributed by atoms with Gasteiger partial charge in [0.2, 0.25) is 0 Å². The molecule has 23 heavy (non-hydrogen) atoms. The molecule has 0 unspecified atom stereocenters. The molecule has 0 atom stereocenters. The topological polar surface area (TPSA) is 87.9 Å². The minimum Gasteiger partial charge on any atom is -0.465 e. The third-order valence-corrected chi connectivity index (χ3v) is 4.39. The van der Waals surface area contributed by atoms with E-state index in [1.54, 1.807) is 0 Å². The lowest BCUT2D eigenvalue weighted by Gasteiger charge is -2.32. The highest BCUT2D eigenvalue weighted by Gasteiger charge is 2.51. The number of nitrogens with zero attached hydrogens (tertiary/aromatic N) is 1. The molecule has 1 heterocycles. The summed E-state index contributed by atoms with van der Waals surface area (Å²) >= 11 is 0. The van der Waals surface area contributed by atoms with Gasteiger partial charge in [0, 0.05) is 17.9 Å². The molecule has 0 spiro atoms. The van der Waals surface area contributed by atoms with Crippen molar-refractivity contribution in [2.45, 2.75) is 45.2 Å². The average Bonchev–Trinajstić information content (AvgIpc) is 2.65. The van der Waals surface area contributed by atoms with E-state index < -0.39 is 29.2 Å². The Balaban J connectivity index is 2.27. The lowest BCUT2D eigenvalue weighted by Crippen LogP contribution is -2.41. The summed E-state index contributed by atoms with van der Waals surface area (Å²) in [6.45, 7) is 7.67. The van der Waals surface area contributed by atoms with Crippen LogP contribution < -0.4 is 0 Å². The van der Waals surface area contributed by atoms with E-state index in [-0.39, 0.29) is 17.6 Å². The quantitative estimate of drug-likeness (QED) is 0.366. The molecule has 1 aliphatic heterocycles. The molecule has 2 rings (SSSR count). The zero-order valence-corrected chi connectivity index (χ0v) is 13.9. The molecule has 0 saturated carbocycles. The number of carbonyl (C=O) groups is 1. The van der Waals surface area contributed by atoms with Crippen molar-refractivity contribution in [1.82, 2.24) is 0 Å². The van der Waals surface area contributed by atoms with Crippen LogP contribution in [-0.2, 0) is 20.4 Å². The third-order valence-electron chi connectivity index (χ3n) is 4.39. The molecule has 0 aliphatic carbocycles. The van der Waals surface area contributed by atoms with E-state index in [9.17, 15) is 14.9 Å². The predicted molar refractivity (Wildman–Crippen MR) is 84.2 cm³/mol. The van der Waals surface area contributed by atoms with Crippen LogP contribution in [0.1, 0.15) is 43.6 Å². The second-order valence-corrected chi connectivity index (χ2v) is 6.48. The van der Waals surface area contributed by atoms with Crippen molar-refractivity contribution < 1.29 is 23.8 Å². The molecule has 1 aromatic rings. The Hall–Kier alpha value is -1.93. The highest BCUT2D eigenvalue weighted by atomic mass is 16.7. The van der Waals surface area contributed by atoms with E-state index in [0.717, 1.165) is 0 Å². The van der Waals surface area contributed by atoms with Gasteiger partial charge in [0.1, 0.15) is 0 Å². The predicted octanol–water partition coefficient (Wildman–Crippen LogP) is 2.56. The van der Waals surface area contributed by atoms with E-state index in [1.165, 1.54) is 25.3 Å². The van der Waals surface area contributed by atoms with Gasteiger partial charge in [-0.25, -0.2) is 4.79 Å². The smallest absolute Gasteiger partial charge is 0.462 e. The van der Waals surface area contributed by atoms with Crippen LogP contribution >= 0.6 is 0 Å². The number of rotatable bonds is 4. The molecular weight excluding hydrogens is 301 g/mol. The highest BCUT2D eigenvalue weighted by molar-refractivity contribution is 6.45. The maximum absolute atomic E-state index is 11.5. The second-order valence-electron chi connectivity index (χ2n) is 6.48. The largest absolute Gasteiger partial charge is 0.465 e. The summed E-state index contributed by atoms with van der Waals surface area (Å²) in [5, 5.41) is 11.3. The van der Waals surface area contributed by atoms with E-state index in [1.807, 2.05) is 27.7 Å². The number of esters is 1. The molecule has 0 N–H and O–H groups in total. The Morgan fingerprint density at radius 1 is 1.26 bits per heavy atom. The minimum atomic E-state index is -0.615. The summed E-state index contributed by atoms with van der Waals surface area (Å²) < 4.78 is 16.3. The molecule has 8 heteroatoms. The number of methoxy groups -OCH3 is 1. The lowest BCUT2D eigenvalue weighted by molar-refractivity contribution is -0.385. The highest BCUT2D eigenvalue weighted by Crippen LogP contribution is 2.38. The van der Waals surface area contributed by atoms with Crippen LogP contribution in [0.2, 0.25) is 0 Å². The van der Waals surface area contributed by atoms with Crippen LogP contribution in [0.5, 0.6) is 0 Å². The number of benzene rings is 1. The summed E-state index contributed by atoms with van der Waals surface area (Å²) in [4.78, 5) is 22.3. The lowest BCUT2D eigenvalue weighted by atomic mass is 9.80. The molecule has 1 fully saturated rings. The Morgan fingerprint density at radius 3 is 2.30 bits per heavy atom. The fraction of sp³-hybridized carbons (Fsp3) is 0.533. The van der Waals surface area contributed by atoms with Crippen LogP contribution in [0, 0.1) is 10.1 Å². The van der Waals surface area contributed by atoms with Crippen LogP contribution in [-0.4, -0.2) is 36.3 Å². The first-order valence-corrected chi connectivity index (χ1v) is 7.28. The van der Waals surface area contributed by atoms with Crippen molar-refractivity contribution in [3.63, 3.8) is 0 Å². The summed E-state index contributed by atoms with van der Waals surface area (Å²) in [7, 11) is 0.648. The van der Waals surface area contributed by atoms with E-state index >= 15 is 0 Å². The zero-order chi connectivity index (χ0) is 17.4. The number of hydrogen-bond acceptors (Lipinski definition) is 6. The van der Waals surface area contributed by atoms with Gasteiger partial charge in [0.25, 0.3) is 5.69 Å². The zero-order valence-electron chi connectivity index (χ0n) is 13.9. The Bertz CT molecular complexity index is 627. The molecule has 1 aliphatic rings. The molecule has 0 amide bonds. The van der Waals surface area contributed by atoms with E-state index in [2.05, 4.69) is 4.74 Å². The Labute approximate surface area is 135 Å². The SMILES string of the molecule is COC(=O)c1ccc(CB2OC(C)(C)C(C)(C)O2)c([N+](=O)[O-])c1. The summed E-state index contributed by atoms with van der Waals surface area (Å²) in [5.74, 6) is -0.615. The molecule has 0 bridgehead atoms. The van der Waals surface area contributed by atoms with Crippen LogP contribution in [0.25, 0.3) is 0 Å². The van der Waals surface area contributed by atoms with E-state index in [0.29, 0.717) is 5.56 Å². The van der Waals surface area contributed by atoms with Gasteiger partial charge < -0.3 is 14.0 Å². The first-order chi connectivity index (χ1) is 10.6. The van der Waals surface area contributed by atoms with Crippen LogP contribution in [0.15, 0.2) is 18.2 Å². The van der Waals surface area contributed by atoms with E-state index in [4.69, 9.17) is 9.31 Å². The summed E-state index contributed by atoms with van der Waals surface area (Å²) in [6.07, 6.45) is 0.227. The Morgan fingerprint density at radius 2 is 1.83 bits per heavy atom. The number of nitro benzene ring substituents is 1. The van der Waals surface area contributed by atoms with Crippen LogP contribution in [0.3, 0.4) is 0 Å². The molecular formula is C15H20BNO6. The molecule has 124 valence electrons. The first-order valence-electron chi connectivity index (χ1n) is 7.28. The first kappa shape index (κ1) is 17.4. The van der Waals surface area contributed by atoms with Gasteiger partial charge in [-0.1, -0.05) is 6.07 Å². The van der Waals surface area contributed by atoms with Crippen molar-refractivity contribution in [3.8, 4) is 0 Å². The average molecular weight is 321 g/mol. The molecule has 0 radical (unpaired) electrons. The monoisotopic (exact) mass is 321 g/mol. The third kappa shape index (κ3) is 3.38. The van der Waals surface area contributed by atoms with Crippen molar-refractivity contribution in [3.05, 3.63) is 39.4 Å². The van der Waals surface area contributed by atoms with Crippen molar-refractivity contribution in [2.24, 2.45) is 0 Å². The standard InChI is InChI=1S/C15H20BNO6/c1-14(2)15(3,4)23-16(22-14)9-11-7-6-10(13(18)21-5)8-12(11)17(19)20/h6-8H,9H2,1-5H3. The fourth-order valence-electron chi connectivity index (χ4n) is 2.38. The Kier molecular flexibility index (Phi) is 4.50. The number of carbonyl (C=O) groups excluding carboxylic acids is 1. The molecule has 1 aromatic carbocycles. The maximum Gasteiger partial charge on any atom is 0.462 e. The number of ether oxygens (including phenoxy) is 1. The van der Waals surface area contributed by atoms with Gasteiger partial charge in [-0.15, -0.1) is 0 Å². The van der Waals surface area contributed by atoms with Crippen molar-refractivity contribution >= 4 is 18.8 Å². The molecule has 0 aromatic heterocycles. The van der Waals surface area contributed by atoms with Gasteiger partial charge in [-0.3, -0.25) is 10.1 Å². The number of nitro groups is 1. The van der Waals surface area contributed by atoms with Gasteiger partial charge >= 0.3 is 13.1 Å². The van der Waals surface area contributed by atoms with Gasteiger partial charge in [-0.2, -0.15) is 0 Å². The fourth-order valence-corrected chi connectivity index (χ4v) is 2.38. The molecule has 7 nitrogen and oxygen atoms in total. The minimum absolute atomic E-state index is 0.136. The summed E-state index contributed by atoms with van der Waals surface area (Å²) in [6, 6.07) is 4.25.